The Hall–Kier alpha value is -2.90. The van der Waals surface area contributed by atoms with E-state index in [0.717, 1.165) is 5.69 Å². The van der Waals surface area contributed by atoms with Crippen molar-refractivity contribution in [1.82, 2.24) is 9.62 Å². The molecule has 2 fully saturated rings. The van der Waals surface area contributed by atoms with Crippen molar-refractivity contribution in [2.75, 3.05) is 44.2 Å². The number of nitrogens with one attached hydrogen (secondary N) is 1. The number of nitrogens with zero attached hydrogens (tertiary/aromatic N) is 3. The van der Waals surface area contributed by atoms with E-state index in [9.17, 15) is 31.1 Å². The number of piperazine rings is 1. The molecule has 2 atom stereocenters. The van der Waals surface area contributed by atoms with Crippen molar-refractivity contribution in [3.05, 3.63) is 66.5 Å². The van der Waals surface area contributed by atoms with E-state index in [1.807, 2.05) is 4.90 Å². The Morgan fingerprint density at radius 1 is 1.25 bits per heavy atom. The van der Waals surface area contributed by atoms with Gasteiger partial charge in [-0.1, -0.05) is 37.4 Å². The van der Waals surface area contributed by atoms with Gasteiger partial charge in [-0.3, -0.25) is 4.90 Å². The molecule has 8 nitrogen and oxygen atoms in total. The second-order valence-electron chi connectivity index (χ2n) is 10.2. The van der Waals surface area contributed by atoms with Crippen LogP contribution in [0.5, 0.6) is 0 Å². The SMILES string of the molecule is C=C/C=C(\C(=C)F)[C@H](CCO)N=C1NS(=O)(=O)C(c2ccc(N3CCN(CCC(F)(F)F)CC3)cc2)C(C)(C)O1. The highest BCUT2D eigenvalue weighted by atomic mass is 32.2. The van der Waals surface area contributed by atoms with Crippen molar-refractivity contribution in [2.24, 2.45) is 4.99 Å². The number of anilines is 1. The normalized spacial score (nSPS) is 23.3. The van der Waals surface area contributed by atoms with E-state index < -0.39 is 45.3 Å². The van der Waals surface area contributed by atoms with Gasteiger partial charge in [0.25, 0.3) is 6.02 Å². The van der Waals surface area contributed by atoms with Crippen LogP contribution in [0.4, 0.5) is 23.2 Å². The fourth-order valence-electron chi connectivity index (χ4n) is 4.95. The summed E-state index contributed by atoms with van der Waals surface area (Å²) in [6.45, 7) is 11.8. The van der Waals surface area contributed by atoms with Crippen molar-refractivity contribution in [3.63, 3.8) is 0 Å². The van der Waals surface area contributed by atoms with Crippen molar-refractivity contribution < 1.29 is 35.8 Å². The lowest BCUT2D eigenvalue weighted by molar-refractivity contribution is -0.138. The Morgan fingerprint density at radius 3 is 2.38 bits per heavy atom. The number of sulfonamides is 1. The molecule has 0 amide bonds. The third-order valence-electron chi connectivity index (χ3n) is 6.82. The van der Waals surface area contributed by atoms with Crippen molar-refractivity contribution in [1.29, 1.82) is 0 Å². The summed E-state index contributed by atoms with van der Waals surface area (Å²) >= 11 is 0. The maximum Gasteiger partial charge on any atom is 0.390 e. The first-order chi connectivity index (χ1) is 18.7. The molecule has 13 heteroatoms. The zero-order valence-corrected chi connectivity index (χ0v) is 23.4. The summed E-state index contributed by atoms with van der Waals surface area (Å²) in [5, 5.41) is 8.33. The molecule has 222 valence electrons. The summed E-state index contributed by atoms with van der Waals surface area (Å²) in [5.74, 6) is -0.790. The van der Waals surface area contributed by atoms with Crippen LogP contribution in [0.3, 0.4) is 0 Å². The number of benzene rings is 1. The maximum absolute atomic E-state index is 14.0. The van der Waals surface area contributed by atoms with Gasteiger partial charge in [-0.15, -0.1) is 0 Å². The molecule has 2 aliphatic rings. The van der Waals surface area contributed by atoms with Crippen LogP contribution in [-0.2, 0) is 14.8 Å². The highest BCUT2D eigenvalue weighted by Gasteiger charge is 2.48. The van der Waals surface area contributed by atoms with Gasteiger partial charge in [0, 0.05) is 50.6 Å². The zero-order chi connectivity index (χ0) is 29.7. The van der Waals surface area contributed by atoms with Crippen LogP contribution in [0, 0.1) is 0 Å². The molecule has 2 N–H and O–H groups in total. The Bertz CT molecular complexity index is 1220. The zero-order valence-electron chi connectivity index (χ0n) is 22.6. The van der Waals surface area contributed by atoms with Gasteiger partial charge in [-0.2, -0.15) is 13.2 Å². The number of alkyl halides is 3. The summed E-state index contributed by atoms with van der Waals surface area (Å²) < 4.78 is 86.7. The van der Waals surface area contributed by atoms with Gasteiger partial charge in [0.2, 0.25) is 10.0 Å². The molecule has 40 heavy (non-hydrogen) atoms. The van der Waals surface area contributed by atoms with E-state index in [4.69, 9.17) is 4.74 Å². The number of aliphatic hydroxyl groups excluding tert-OH is 1. The average molecular weight is 589 g/mol. The maximum atomic E-state index is 14.0. The van der Waals surface area contributed by atoms with E-state index in [1.54, 1.807) is 43.0 Å². The van der Waals surface area contributed by atoms with Crippen LogP contribution < -0.4 is 9.62 Å². The number of ether oxygens (including phenoxy) is 1. The van der Waals surface area contributed by atoms with Gasteiger partial charge >= 0.3 is 6.18 Å². The van der Waals surface area contributed by atoms with Crippen LogP contribution in [0.2, 0.25) is 0 Å². The number of aliphatic imine (C=N–C) groups is 1. The second-order valence-corrected chi connectivity index (χ2v) is 12.0. The number of hydrogen-bond donors (Lipinski definition) is 2. The fraction of sp³-hybridized carbons (Fsp3) is 0.519. The van der Waals surface area contributed by atoms with E-state index in [2.05, 4.69) is 22.9 Å². The van der Waals surface area contributed by atoms with Gasteiger partial charge in [0.1, 0.15) is 16.7 Å². The predicted octanol–water partition coefficient (Wildman–Crippen LogP) is 4.23. The quantitative estimate of drug-likeness (QED) is 0.314. The van der Waals surface area contributed by atoms with Crippen LogP contribution in [-0.4, -0.2) is 81.6 Å². The minimum absolute atomic E-state index is 0.000884. The molecule has 0 radical (unpaired) electrons. The minimum Gasteiger partial charge on any atom is -0.457 e. The highest BCUT2D eigenvalue weighted by molar-refractivity contribution is 7.90. The highest BCUT2D eigenvalue weighted by Crippen LogP contribution is 2.39. The molecule has 0 aliphatic carbocycles. The first-order valence-corrected chi connectivity index (χ1v) is 14.4. The van der Waals surface area contributed by atoms with Gasteiger partial charge in [0.15, 0.2) is 0 Å². The third-order valence-corrected chi connectivity index (χ3v) is 8.74. The average Bonchev–Trinajstić information content (AvgIpc) is 2.84. The third kappa shape index (κ3) is 8.07. The Morgan fingerprint density at radius 2 is 1.88 bits per heavy atom. The molecule has 2 saturated heterocycles. The molecule has 3 rings (SSSR count). The van der Waals surface area contributed by atoms with Gasteiger partial charge < -0.3 is 14.7 Å². The van der Waals surface area contributed by atoms with Crippen molar-refractivity contribution in [3.8, 4) is 0 Å². The molecule has 2 heterocycles. The molecular formula is C27H36F4N4O4S. The van der Waals surface area contributed by atoms with E-state index >= 15 is 0 Å². The number of aliphatic hydroxyl groups is 1. The summed E-state index contributed by atoms with van der Waals surface area (Å²) in [7, 11) is -4.05. The van der Waals surface area contributed by atoms with Crippen LogP contribution >= 0.6 is 0 Å². The molecule has 1 unspecified atom stereocenters. The molecule has 0 bridgehead atoms. The minimum atomic E-state index is -4.18. The Balaban J connectivity index is 1.75. The van der Waals surface area contributed by atoms with E-state index in [0.29, 0.717) is 31.7 Å². The lowest BCUT2D eigenvalue weighted by Crippen LogP contribution is -2.54. The molecule has 0 spiro atoms. The monoisotopic (exact) mass is 588 g/mol. The van der Waals surface area contributed by atoms with Crippen molar-refractivity contribution in [2.45, 2.75) is 49.8 Å². The van der Waals surface area contributed by atoms with E-state index in [1.165, 1.54) is 12.2 Å². The van der Waals surface area contributed by atoms with Crippen LogP contribution in [0.15, 0.2) is 66.0 Å². The molecule has 0 aromatic heterocycles. The first-order valence-electron chi connectivity index (χ1n) is 12.9. The summed E-state index contributed by atoms with van der Waals surface area (Å²) in [6, 6.07) is 5.66. The Labute approximate surface area is 232 Å². The standard InChI is InChI=1S/C27H36F4N4O4S/c1-5-6-22(19(2)28)23(11-18-36)32-25-33-40(37,38)24(26(3,4)39-25)20-7-9-21(10-8-20)35-16-14-34(15-17-35)13-12-27(29,30)31/h5-10,23-24,36H,1-2,11-18H2,3-4H3,(H,32,33)/b22-6+/t23-,24?/m0/s1. The number of halogens is 4. The largest absolute Gasteiger partial charge is 0.457 e. The summed E-state index contributed by atoms with van der Waals surface area (Å²) in [5.41, 5.74) is 0.0746. The smallest absolute Gasteiger partial charge is 0.390 e. The van der Waals surface area contributed by atoms with Gasteiger partial charge in [-0.25, -0.2) is 22.5 Å². The van der Waals surface area contributed by atoms with Crippen molar-refractivity contribution >= 4 is 21.7 Å². The molecule has 1 aromatic carbocycles. The lowest BCUT2D eigenvalue weighted by atomic mass is 9.97. The van der Waals surface area contributed by atoms with E-state index in [-0.39, 0.29) is 31.2 Å². The van der Waals surface area contributed by atoms with Crippen LogP contribution in [0.1, 0.15) is 37.5 Å². The summed E-state index contributed by atoms with van der Waals surface area (Å²) in [4.78, 5) is 8.07. The molecule has 1 aromatic rings. The van der Waals surface area contributed by atoms with Crippen LogP contribution in [0.25, 0.3) is 0 Å². The number of rotatable bonds is 10. The molecule has 0 saturated carbocycles. The number of allylic oxidation sites excluding steroid dienone is 2. The van der Waals surface area contributed by atoms with Gasteiger partial charge in [0.05, 0.1) is 12.5 Å². The number of amidine groups is 1. The topological polar surface area (TPSA) is 94.5 Å². The lowest BCUT2D eigenvalue weighted by Gasteiger charge is -2.40. The number of hydrogen-bond acceptors (Lipinski definition) is 7. The Kier molecular flexibility index (Phi) is 10.1. The first kappa shape index (κ1) is 31.6. The molecule has 2 aliphatic heterocycles. The second kappa shape index (κ2) is 12.7. The predicted molar refractivity (Wildman–Crippen MR) is 147 cm³/mol. The van der Waals surface area contributed by atoms with Gasteiger partial charge in [-0.05, 0) is 38.0 Å². The summed E-state index contributed by atoms with van der Waals surface area (Å²) in [6.07, 6.45) is -2.33. The molecular weight excluding hydrogens is 552 g/mol. The fourth-order valence-corrected chi connectivity index (χ4v) is 6.71.